The second-order valence-corrected chi connectivity index (χ2v) is 13.9. The third kappa shape index (κ3) is 6.32. The standard InChI is InChI=1S/C29H31N3O8S2/c1-17(2)26(29(34)35)31-42(38,39)22-15-11-20(12-16-22)19-9-13-21(14-10-19)30-28(33)27-18(3)25-23(32(4)41(5,36)37)7-6-8-24(25)40-27/h6-17,26,31H,1-5H3,(H,30,33)(H,34,35)/t26-/m0/s1. The Labute approximate surface area is 244 Å². The summed E-state index contributed by atoms with van der Waals surface area (Å²) in [6.07, 6.45) is 1.09. The van der Waals surface area contributed by atoms with Crippen LogP contribution in [0.5, 0.6) is 0 Å². The highest BCUT2D eigenvalue weighted by Crippen LogP contribution is 2.34. The van der Waals surface area contributed by atoms with Gasteiger partial charge in [-0.05, 0) is 60.4 Å². The number of amides is 1. The minimum absolute atomic E-state index is 0.0523. The van der Waals surface area contributed by atoms with Gasteiger partial charge in [-0.25, -0.2) is 16.8 Å². The number of nitrogens with one attached hydrogen (secondary N) is 2. The molecular weight excluding hydrogens is 582 g/mol. The minimum atomic E-state index is -4.04. The summed E-state index contributed by atoms with van der Waals surface area (Å²) in [4.78, 5) is 24.4. The van der Waals surface area contributed by atoms with Gasteiger partial charge in [-0.2, -0.15) is 4.72 Å². The summed E-state index contributed by atoms with van der Waals surface area (Å²) in [5.41, 5.74) is 3.22. The van der Waals surface area contributed by atoms with Crippen LogP contribution in [0, 0.1) is 12.8 Å². The van der Waals surface area contributed by atoms with Crippen molar-refractivity contribution >= 4 is 54.3 Å². The van der Waals surface area contributed by atoms with E-state index in [2.05, 4.69) is 10.0 Å². The number of nitrogens with zero attached hydrogens (tertiary/aromatic N) is 1. The molecule has 0 aliphatic heterocycles. The number of carbonyl (C=O) groups is 2. The van der Waals surface area contributed by atoms with Crippen molar-refractivity contribution < 1.29 is 35.9 Å². The van der Waals surface area contributed by atoms with Crippen LogP contribution in [0.2, 0.25) is 0 Å². The Balaban J connectivity index is 1.51. The second-order valence-electron chi connectivity index (χ2n) is 10.2. The van der Waals surface area contributed by atoms with Crippen molar-refractivity contribution in [3.63, 3.8) is 0 Å². The molecule has 4 aromatic rings. The normalized spacial score (nSPS) is 12.8. The molecule has 4 rings (SSSR count). The highest BCUT2D eigenvalue weighted by Gasteiger charge is 2.28. The fourth-order valence-electron chi connectivity index (χ4n) is 4.41. The molecule has 42 heavy (non-hydrogen) atoms. The molecule has 3 aromatic carbocycles. The van der Waals surface area contributed by atoms with Gasteiger partial charge >= 0.3 is 5.97 Å². The fraction of sp³-hybridized carbons (Fsp3) is 0.241. The van der Waals surface area contributed by atoms with E-state index in [9.17, 15) is 31.5 Å². The summed E-state index contributed by atoms with van der Waals surface area (Å²) in [7, 11) is -6.14. The zero-order valence-electron chi connectivity index (χ0n) is 23.6. The fourth-order valence-corrected chi connectivity index (χ4v) is 6.25. The van der Waals surface area contributed by atoms with Gasteiger partial charge in [0, 0.05) is 23.7 Å². The number of carboxylic acids is 1. The molecule has 0 saturated carbocycles. The molecule has 3 N–H and O–H groups in total. The molecule has 222 valence electrons. The van der Waals surface area contributed by atoms with Gasteiger partial charge in [-0.3, -0.25) is 13.9 Å². The van der Waals surface area contributed by atoms with Crippen LogP contribution >= 0.6 is 0 Å². The van der Waals surface area contributed by atoms with Crippen molar-refractivity contribution in [2.24, 2.45) is 5.92 Å². The van der Waals surface area contributed by atoms with E-state index in [4.69, 9.17) is 4.42 Å². The molecule has 0 unspecified atom stereocenters. The number of carbonyl (C=O) groups excluding carboxylic acids is 1. The highest BCUT2D eigenvalue weighted by molar-refractivity contribution is 7.92. The Morgan fingerprint density at radius 3 is 2.00 bits per heavy atom. The van der Waals surface area contributed by atoms with Crippen molar-refractivity contribution in [2.45, 2.75) is 31.7 Å². The van der Waals surface area contributed by atoms with Gasteiger partial charge in [0.1, 0.15) is 11.6 Å². The van der Waals surface area contributed by atoms with Crippen molar-refractivity contribution in [2.75, 3.05) is 22.9 Å². The van der Waals surface area contributed by atoms with E-state index in [0.29, 0.717) is 33.5 Å². The number of benzene rings is 3. The third-order valence-electron chi connectivity index (χ3n) is 6.83. The predicted molar refractivity (Wildman–Crippen MR) is 161 cm³/mol. The molecule has 0 aliphatic rings. The number of aryl methyl sites for hydroxylation is 1. The third-order valence-corrected chi connectivity index (χ3v) is 9.48. The molecule has 0 bridgehead atoms. The lowest BCUT2D eigenvalue weighted by molar-refractivity contribution is -0.140. The van der Waals surface area contributed by atoms with Crippen LogP contribution in [0.25, 0.3) is 22.1 Å². The zero-order valence-corrected chi connectivity index (χ0v) is 25.2. The molecule has 0 aliphatic carbocycles. The van der Waals surface area contributed by atoms with E-state index >= 15 is 0 Å². The first-order valence-electron chi connectivity index (χ1n) is 12.8. The maximum atomic E-state index is 13.1. The Morgan fingerprint density at radius 2 is 1.48 bits per heavy atom. The zero-order chi connectivity index (χ0) is 31.0. The number of rotatable bonds is 10. The number of hydrogen-bond acceptors (Lipinski definition) is 7. The first kappa shape index (κ1) is 30.8. The molecule has 13 heteroatoms. The van der Waals surface area contributed by atoms with Crippen LogP contribution in [0.15, 0.2) is 76.0 Å². The van der Waals surface area contributed by atoms with E-state index in [1.165, 1.54) is 19.2 Å². The highest BCUT2D eigenvalue weighted by atomic mass is 32.2. The van der Waals surface area contributed by atoms with Gasteiger partial charge in [-0.1, -0.05) is 44.2 Å². The van der Waals surface area contributed by atoms with Crippen LogP contribution in [0.3, 0.4) is 0 Å². The Kier molecular flexibility index (Phi) is 8.48. The van der Waals surface area contributed by atoms with E-state index in [1.807, 2.05) is 0 Å². The van der Waals surface area contributed by atoms with E-state index < -0.39 is 43.9 Å². The first-order chi connectivity index (χ1) is 19.6. The number of anilines is 2. The topological polar surface area (TPSA) is 163 Å². The molecule has 1 heterocycles. The summed E-state index contributed by atoms with van der Waals surface area (Å²) >= 11 is 0. The Bertz CT molecular complexity index is 1860. The van der Waals surface area contributed by atoms with Gasteiger partial charge in [0.25, 0.3) is 5.91 Å². The van der Waals surface area contributed by atoms with Crippen LogP contribution < -0.4 is 14.3 Å². The summed E-state index contributed by atoms with van der Waals surface area (Å²) in [6, 6.07) is 16.6. The average Bonchev–Trinajstić information content (AvgIpc) is 3.27. The second kappa shape index (κ2) is 11.6. The molecule has 1 aromatic heterocycles. The lowest BCUT2D eigenvalue weighted by Gasteiger charge is -2.18. The minimum Gasteiger partial charge on any atom is -0.480 e. The SMILES string of the molecule is Cc1c(C(=O)Nc2ccc(-c3ccc(S(=O)(=O)N[C@H](C(=O)O)C(C)C)cc3)cc2)oc2cccc(N(C)S(C)(=O)=O)c12. The molecule has 1 amide bonds. The molecule has 0 spiro atoms. The van der Waals surface area contributed by atoms with E-state index in [0.717, 1.165) is 16.1 Å². The van der Waals surface area contributed by atoms with Crippen LogP contribution in [0.1, 0.15) is 30.0 Å². The van der Waals surface area contributed by atoms with Crippen molar-refractivity contribution in [1.29, 1.82) is 0 Å². The van der Waals surface area contributed by atoms with Crippen molar-refractivity contribution in [1.82, 2.24) is 4.72 Å². The molecule has 1 atom stereocenters. The number of sulfonamides is 2. The summed E-state index contributed by atoms with van der Waals surface area (Å²) in [6.45, 7) is 4.92. The smallest absolute Gasteiger partial charge is 0.322 e. The lowest BCUT2D eigenvalue weighted by Crippen LogP contribution is -2.44. The number of hydrogen-bond donors (Lipinski definition) is 3. The number of furan rings is 1. The van der Waals surface area contributed by atoms with Crippen LogP contribution in [0.4, 0.5) is 11.4 Å². The Hall–Kier alpha value is -4.20. The van der Waals surface area contributed by atoms with Crippen LogP contribution in [-0.2, 0) is 24.8 Å². The summed E-state index contributed by atoms with van der Waals surface area (Å²) in [5, 5.41) is 12.6. The van der Waals surface area contributed by atoms with Gasteiger partial charge in [0.15, 0.2) is 5.76 Å². The molecule has 0 radical (unpaired) electrons. The molecule has 11 nitrogen and oxygen atoms in total. The summed E-state index contributed by atoms with van der Waals surface area (Å²) in [5.74, 6) is -2.15. The van der Waals surface area contributed by atoms with Crippen LogP contribution in [-0.4, -0.2) is 53.2 Å². The van der Waals surface area contributed by atoms with E-state index in [-0.39, 0.29) is 10.7 Å². The number of aliphatic carboxylic acids is 1. The molecule has 0 saturated heterocycles. The monoisotopic (exact) mass is 613 g/mol. The Morgan fingerprint density at radius 1 is 0.905 bits per heavy atom. The van der Waals surface area contributed by atoms with Gasteiger partial charge in [0.05, 0.1) is 16.8 Å². The predicted octanol–water partition coefficient (Wildman–Crippen LogP) is 4.44. The average molecular weight is 614 g/mol. The van der Waals surface area contributed by atoms with Crippen molar-refractivity contribution in [3.8, 4) is 11.1 Å². The summed E-state index contributed by atoms with van der Waals surface area (Å²) < 4.78 is 58.8. The van der Waals surface area contributed by atoms with E-state index in [1.54, 1.807) is 75.4 Å². The molecule has 0 fully saturated rings. The largest absolute Gasteiger partial charge is 0.480 e. The number of fused-ring (bicyclic) bond motifs is 1. The first-order valence-corrected chi connectivity index (χ1v) is 16.2. The van der Waals surface area contributed by atoms with Gasteiger partial charge < -0.3 is 14.8 Å². The van der Waals surface area contributed by atoms with Gasteiger partial charge in [0.2, 0.25) is 20.0 Å². The molecular formula is C29H31N3O8S2. The van der Waals surface area contributed by atoms with Gasteiger partial charge in [-0.15, -0.1) is 0 Å². The quantitative estimate of drug-likeness (QED) is 0.236. The maximum absolute atomic E-state index is 13.1. The van der Waals surface area contributed by atoms with Crippen molar-refractivity contribution in [3.05, 3.63) is 78.1 Å². The number of carboxylic acid groups (broad SMARTS) is 1. The maximum Gasteiger partial charge on any atom is 0.322 e. The lowest BCUT2D eigenvalue weighted by atomic mass is 10.1.